The fourth-order valence-corrected chi connectivity index (χ4v) is 4.03. The number of nitrogens with zero attached hydrogens (tertiary/aromatic N) is 1. The standard InChI is InChI=1S/C23H27N3O2/c1-16-14-26(15-22(28-16)18-8-4-3-5-9-18)23(27)24-13-12-19-17(2)25-21-11-7-6-10-20(19)21/h3-11,16,22,25H,12-15H2,1-2H3,(H,24,27). The van der Waals surface area contributed by atoms with Gasteiger partial charge in [0.15, 0.2) is 0 Å². The number of H-pyrrole nitrogens is 1. The molecule has 2 amide bonds. The van der Waals surface area contributed by atoms with Gasteiger partial charge in [-0.1, -0.05) is 48.5 Å². The van der Waals surface area contributed by atoms with Crippen molar-refractivity contribution in [3.05, 3.63) is 71.4 Å². The van der Waals surface area contributed by atoms with Crippen LogP contribution in [0, 0.1) is 6.92 Å². The highest BCUT2D eigenvalue weighted by atomic mass is 16.5. The van der Waals surface area contributed by atoms with Gasteiger partial charge in [0.1, 0.15) is 6.10 Å². The molecule has 0 radical (unpaired) electrons. The second-order valence-corrected chi connectivity index (χ2v) is 7.51. The maximum Gasteiger partial charge on any atom is 0.317 e. The number of aromatic nitrogens is 1. The molecule has 1 fully saturated rings. The van der Waals surface area contributed by atoms with Crippen molar-refractivity contribution in [2.75, 3.05) is 19.6 Å². The molecule has 2 heterocycles. The van der Waals surface area contributed by atoms with Crippen molar-refractivity contribution in [1.82, 2.24) is 15.2 Å². The Morgan fingerprint density at radius 1 is 1.14 bits per heavy atom. The van der Waals surface area contributed by atoms with E-state index in [1.165, 1.54) is 16.6 Å². The van der Waals surface area contributed by atoms with E-state index in [4.69, 9.17) is 4.74 Å². The fraction of sp³-hybridized carbons (Fsp3) is 0.348. The summed E-state index contributed by atoms with van der Waals surface area (Å²) in [5, 5.41) is 4.33. The second kappa shape index (κ2) is 8.07. The van der Waals surface area contributed by atoms with Crippen LogP contribution in [0.4, 0.5) is 4.79 Å². The first-order valence-corrected chi connectivity index (χ1v) is 9.91. The average Bonchev–Trinajstić information content (AvgIpc) is 3.03. The largest absolute Gasteiger partial charge is 0.367 e. The van der Waals surface area contributed by atoms with E-state index in [0.29, 0.717) is 19.6 Å². The molecule has 146 valence electrons. The zero-order chi connectivity index (χ0) is 19.5. The zero-order valence-electron chi connectivity index (χ0n) is 16.4. The van der Waals surface area contributed by atoms with Crippen molar-refractivity contribution < 1.29 is 9.53 Å². The van der Waals surface area contributed by atoms with E-state index in [1.807, 2.05) is 36.1 Å². The molecule has 1 aromatic heterocycles. The number of urea groups is 1. The van der Waals surface area contributed by atoms with Gasteiger partial charge in [-0.3, -0.25) is 0 Å². The molecule has 1 aliphatic rings. The van der Waals surface area contributed by atoms with Crippen LogP contribution in [0.25, 0.3) is 10.9 Å². The molecular weight excluding hydrogens is 350 g/mol. The molecule has 2 aromatic carbocycles. The van der Waals surface area contributed by atoms with Crippen LogP contribution in [0.3, 0.4) is 0 Å². The molecule has 3 aromatic rings. The average molecular weight is 377 g/mol. The topological polar surface area (TPSA) is 57.4 Å². The van der Waals surface area contributed by atoms with Crippen molar-refractivity contribution in [3.8, 4) is 0 Å². The Bertz CT molecular complexity index is 951. The van der Waals surface area contributed by atoms with E-state index in [2.05, 4.69) is 47.6 Å². The Labute approximate surface area is 165 Å². The number of carbonyl (C=O) groups is 1. The summed E-state index contributed by atoms with van der Waals surface area (Å²) in [6.45, 7) is 5.91. The molecule has 28 heavy (non-hydrogen) atoms. The van der Waals surface area contributed by atoms with Crippen molar-refractivity contribution in [2.24, 2.45) is 0 Å². The Morgan fingerprint density at radius 2 is 1.89 bits per heavy atom. The lowest BCUT2D eigenvalue weighted by molar-refractivity contribution is -0.0656. The van der Waals surface area contributed by atoms with Gasteiger partial charge in [-0.25, -0.2) is 4.79 Å². The van der Waals surface area contributed by atoms with E-state index in [1.54, 1.807) is 0 Å². The van der Waals surface area contributed by atoms with Gasteiger partial charge in [0, 0.05) is 29.7 Å². The number of rotatable bonds is 4. The van der Waals surface area contributed by atoms with Crippen LogP contribution in [0.15, 0.2) is 54.6 Å². The lowest BCUT2D eigenvalue weighted by atomic mass is 10.1. The number of fused-ring (bicyclic) bond motifs is 1. The number of nitrogens with one attached hydrogen (secondary N) is 2. The molecule has 5 nitrogen and oxygen atoms in total. The van der Waals surface area contributed by atoms with Gasteiger partial charge in [-0.15, -0.1) is 0 Å². The summed E-state index contributed by atoms with van der Waals surface area (Å²) in [4.78, 5) is 18.0. The van der Waals surface area contributed by atoms with Gasteiger partial charge >= 0.3 is 6.03 Å². The van der Waals surface area contributed by atoms with Gasteiger partial charge in [-0.05, 0) is 37.5 Å². The zero-order valence-corrected chi connectivity index (χ0v) is 16.4. The smallest absolute Gasteiger partial charge is 0.317 e. The number of aryl methyl sites for hydroxylation is 1. The van der Waals surface area contributed by atoms with Crippen LogP contribution in [0.2, 0.25) is 0 Å². The normalized spacial score (nSPS) is 19.7. The highest BCUT2D eigenvalue weighted by molar-refractivity contribution is 5.84. The second-order valence-electron chi connectivity index (χ2n) is 7.51. The monoisotopic (exact) mass is 377 g/mol. The van der Waals surface area contributed by atoms with Crippen LogP contribution in [0.5, 0.6) is 0 Å². The van der Waals surface area contributed by atoms with Crippen molar-refractivity contribution in [3.63, 3.8) is 0 Å². The number of para-hydroxylation sites is 1. The van der Waals surface area contributed by atoms with Crippen LogP contribution in [-0.4, -0.2) is 41.7 Å². The number of hydrogen-bond donors (Lipinski definition) is 2. The van der Waals surface area contributed by atoms with Crippen LogP contribution in [-0.2, 0) is 11.2 Å². The first kappa shape index (κ1) is 18.6. The minimum atomic E-state index is -0.0773. The van der Waals surface area contributed by atoms with Crippen LogP contribution < -0.4 is 5.32 Å². The predicted molar refractivity (Wildman–Crippen MR) is 111 cm³/mol. The molecular formula is C23H27N3O2. The van der Waals surface area contributed by atoms with Crippen LogP contribution >= 0.6 is 0 Å². The SMILES string of the molecule is Cc1[nH]c2ccccc2c1CCNC(=O)N1CC(C)OC(c2ccccc2)C1. The Kier molecular flexibility index (Phi) is 5.35. The first-order valence-electron chi connectivity index (χ1n) is 9.91. The van der Waals surface area contributed by atoms with Gasteiger partial charge < -0.3 is 19.9 Å². The number of amides is 2. The van der Waals surface area contributed by atoms with Gasteiger partial charge in [0.2, 0.25) is 0 Å². The molecule has 0 bridgehead atoms. The van der Waals surface area contributed by atoms with Gasteiger partial charge in [-0.2, -0.15) is 0 Å². The number of hydrogen-bond acceptors (Lipinski definition) is 2. The fourth-order valence-electron chi connectivity index (χ4n) is 4.03. The van der Waals surface area contributed by atoms with Gasteiger partial charge in [0.05, 0.1) is 12.6 Å². The summed E-state index contributed by atoms with van der Waals surface area (Å²) in [6.07, 6.45) is 0.746. The van der Waals surface area contributed by atoms with Crippen molar-refractivity contribution in [1.29, 1.82) is 0 Å². The number of benzene rings is 2. The third-order valence-electron chi connectivity index (χ3n) is 5.40. The molecule has 4 rings (SSSR count). The number of carbonyl (C=O) groups excluding carboxylic acids is 1. The minimum Gasteiger partial charge on any atom is -0.367 e. The molecule has 1 aliphatic heterocycles. The summed E-state index contributed by atoms with van der Waals surface area (Å²) >= 11 is 0. The predicted octanol–water partition coefficient (Wildman–Crippen LogP) is 4.19. The maximum absolute atomic E-state index is 12.7. The maximum atomic E-state index is 12.7. The highest BCUT2D eigenvalue weighted by Gasteiger charge is 2.29. The molecule has 0 saturated carbocycles. The van der Waals surface area contributed by atoms with Gasteiger partial charge in [0.25, 0.3) is 0 Å². The molecule has 2 N–H and O–H groups in total. The summed E-state index contributed by atoms with van der Waals surface area (Å²) in [5.74, 6) is 0. The highest BCUT2D eigenvalue weighted by Crippen LogP contribution is 2.25. The van der Waals surface area contributed by atoms with Crippen molar-refractivity contribution >= 4 is 16.9 Å². The van der Waals surface area contributed by atoms with E-state index in [0.717, 1.165) is 17.5 Å². The van der Waals surface area contributed by atoms with E-state index in [-0.39, 0.29) is 18.2 Å². The molecule has 5 heteroatoms. The quantitative estimate of drug-likeness (QED) is 0.716. The van der Waals surface area contributed by atoms with E-state index in [9.17, 15) is 4.79 Å². The number of ether oxygens (including phenoxy) is 1. The Morgan fingerprint density at radius 3 is 2.71 bits per heavy atom. The third kappa shape index (κ3) is 3.90. The first-order chi connectivity index (χ1) is 13.6. The summed E-state index contributed by atoms with van der Waals surface area (Å²) in [7, 11) is 0. The van der Waals surface area contributed by atoms with E-state index >= 15 is 0 Å². The summed E-state index contributed by atoms with van der Waals surface area (Å²) in [5.41, 5.74) is 4.70. The van der Waals surface area contributed by atoms with Crippen molar-refractivity contribution in [2.45, 2.75) is 32.5 Å². The Balaban J connectivity index is 1.37. The lowest BCUT2D eigenvalue weighted by Gasteiger charge is -2.37. The molecule has 1 saturated heterocycles. The number of morpholine rings is 1. The lowest BCUT2D eigenvalue weighted by Crippen LogP contribution is -2.50. The molecule has 2 atom stereocenters. The minimum absolute atomic E-state index is 0.0144. The van der Waals surface area contributed by atoms with Crippen LogP contribution in [0.1, 0.15) is 29.8 Å². The summed E-state index contributed by atoms with van der Waals surface area (Å²) < 4.78 is 6.05. The third-order valence-corrected chi connectivity index (χ3v) is 5.40. The molecule has 0 spiro atoms. The number of aromatic amines is 1. The molecule has 2 unspecified atom stereocenters. The van der Waals surface area contributed by atoms with E-state index < -0.39 is 0 Å². The Hall–Kier alpha value is -2.79. The molecule has 0 aliphatic carbocycles. The summed E-state index contributed by atoms with van der Waals surface area (Å²) in [6, 6.07) is 18.4.